The van der Waals surface area contributed by atoms with Gasteiger partial charge in [-0.3, -0.25) is 0 Å². The Labute approximate surface area is 114 Å². The van der Waals surface area contributed by atoms with Crippen LogP contribution in [-0.4, -0.2) is 29.9 Å². The number of ether oxygens (including phenoxy) is 1. The third-order valence-corrected chi connectivity index (χ3v) is 2.58. The number of halogens is 4. The highest BCUT2D eigenvalue weighted by atomic mass is 35.5. The number of benzene rings is 1. The SMILES string of the molecule is COc1cc([C@H](N)C(F)(F)CO)cc(Cl)c1O.Cl. The van der Waals surface area contributed by atoms with Crippen LogP contribution in [0.4, 0.5) is 8.78 Å². The van der Waals surface area contributed by atoms with Crippen LogP contribution in [-0.2, 0) is 0 Å². The van der Waals surface area contributed by atoms with Crippen LogP contribution in [0.1, 0.15) is 11.6 Å². The number of nitrogens with two attached hydrogens (primary N) is 1. The molecule has 0 radical (unpaired) electrons. The molecule has 0 aliphatic rings. The highest BCUT2D eigenvalue weighted by molar-refractivity contribution is 6.32. The number of alkyl halides is 2. The molecule has 1 aromatic carbocycles. The predicted molar refractivity (Wildman–Crippen MR) is 65.9 cm³/mol. The second-order valence-corrected chi connectivity index (χ2v) is 3.86. The van der Waals surface area contributed by atoms with Gasteiger partial charge in [-0.05, 0) is 17.7 Å². The molecule has 0 bridgehead atoms. The second kappa shape index (κ2) is 6.38. The Morgan fingerprint density at radius 3 is 2.50 bits per heavy atom. The monoisotopic (exact) mass is 303 g/mol. The minimum atomic E-state index is -3.48. The highest BCUT2D eigenvalue weighted by Gasteiger charge is 2.38. The summed E-state index contributed by atoms with van der Waals surface area (Å²) in [5.41, 5.74) is 5.28. The molecule has 0 aliphatic heterocycles. The summed E-state index contributed by atoms with van der Waals surface area (Å²) < 4.78 is 31.1. The Morgan fingerprint density at radius 1 is 1.50 bits per heavy atom. The second-order valence-electron chi connectivity index (χ2n) is 3.45. The molecule has 0 saturated carbocycles. The number of aromatic hydroxyl groups is 1. The van der Waals surface area contributed by atoms with Crippen LogP contribution in [0.15, 0.2) is 12.1 Å². The first-order chi connectivity index (χ1) is 7.83. The van der Waals surface area contributed by atoms with E-state index in [4.69, 9.17) is 27.2 Å². The third kappa shape index (κ3) is 3.35. The lowest BCUT2D eigenvalue weighted by Crippen LogP contribution is -2.36. The van der Waals surface area contributed by atoms with Crippen molar-refractivity contribution in [1.82, 2.24) is 0 Å². The molecule has 0 fully saturated rings. The maximum absolute atomic E-state index is 13.2. The van der Waals surface area contributed by atoms with E-state index in [9.17, 15) is 13.9 Å². The van der Waals surface area contributed by atoms with Crippen LogP contribution in [0.3, 0.4) is 0 Å². The summed E-state index contributed by atoms with van der Waals surface area (Å²) in [6, 6.07) is 0.516. The zero-order valence-corrected chi connectivity index (χ0v) is 10.9. The van der Waals surface area contributed by atoms with Crippen LogP contribution in [0, 0.1) is 0 Å². The van der Waals surface area contributed by atoms with Crippen LogP contribution in [0.5, 0.6) is 11.5 Å². The van der Waals surface area contributed by atoms with Gasteiger partial charge in [0, 0.05) is 0 Å². The minimum absolute atomic E-state index is 0. The van der Waals surface area contributed by atoms with Crippen molar-refractivity contribution >= 4 is 24.0 Å². The Hall–Kier alpha value is -0.820. The van der Waals surface area contributed by atoms with Crippen molar-refractivity contribution in [2.24, 2.45) is 5.73 Å². The van der Waals surface area contributed by atoms with Crippen molar-refractivity contribution in [3.05, 3.63) is 22.7 Å². The van der Waals surface area contributed by atoms with Gasteiger partial charge < -0.3 is 20.7 Å². The zero-order valence-electron chi connectivity index (χ0n) is 9.36. The molecule has 0 unspecified atom stereocenters. The quantitative estimate of drug-likeness (QED) is 0.796. The van der Waals surface area contributed by atoms with Gasteiger partial charge in [-0.15, -0.1) is 12.4 Å². The van der Waals surface area contributed by atoms with Gasteiger partial charge in [0.1, 0.15) is 6.61 Å². The van der Waals surface area contributed by atoms with E-state index in [-0.39, 0.29) is 34.5 Å². The number of methoxy groups -OCH3 is 1. The number of hydrogen-bond donors (Lipinski definition) is 3. The number of rotatable bonds is 4. The molecule has 1 atom stereocenters. The summed E-state index contributed by atoms with van der Waals surface area (Å²) in [7, 11) is 1.25. The largest absolute Gasteiger partial charge is 0.503 e. The summed E-state index contributed by atoms with van der Waals surface area (Å²) in [4.78, 5) is 0. The molecule has 18 heavy (non-hydrogen) atoms. The molecular formula is C10H13Cl2F2NO3. The first-order valence-corrected chi connectivity index (χ1v) is 5.02. The Balaban J connectivity index is 0.00000289. The van der Waals surface area contributed by atoms with Gasteiger partial charge in [0.25, 0.3) is 5.92 Å². The zero-order chi connectivity index (χ0) is 13.2. The Kier molecular flexibility index (Phi) is 6.09. The molecule has 0 spiro atoms. The van der Waals surface area contributed by atoms with Crippen molar-refractivity contribution in [2.75, 3.05) is 13.7 Å². The number of aliphatic hydroxyl groups excluding tert-OH is 1. The lowest BCUT2D eigenvalue weighted by molar-refractivity contribution is -0.0712. The topological polar surface area (TPSA) is 75.7 Å². The number of hydrogen-bond acceptors (Lipinski definition) is 4. The standard InChI is InChI=1S/C10H12ClF2NO3.ClH/c1-17-7-3-5(2-6(11)8(7)16)9(14)10(12,13)4-15;/h2-3,9,15-16H,4,14H2,1H3;1H/t9-;/m0./s1. The summed E-state index contributed by atoms with van der Waals surface area (Å²) >= 11 is 5.64. The van der Waals surface area contributed by atoms with E-state index in [1.165, 1.54) is 7.11 Å². The lowest BCUT2D eigenvalue weighted by atomic mass is 10.0. The maximum Gasteiger partial charge on any atom is 0.289 e. The van der Waals surface area contributed by atoms with Crippen LogP contribution < -0.4 is 10.5 Å². The molecule has 8 heteroatoms. The number of aliphatic hydroxyl groups is 1. The van der Waals surface area contributed by atoms with Crippen LogP contribution in [0.25, 0.3) is 0 Å². The normalized spacial score (nSPS) is 12.8. The van der Waals surface area contributed by atoms with E-state index in [1.807, 2.05) is 0 Å². The van der Waals surface area contributed by atoms with Gasteiger partial charge >= 0.3 is 0 Å². The Morgan fingerprint density at radius 2 is 2.06 bits per heavy atom. The van der Waals surface area contributed by atoms with Gasteiger partial charge in [-0.2, -0.15) is 0 Å². The van der Waals surface area contributed by atoms with E-state index < -0.39 is 18.6 Å². The van der Waals surface area contributed by atoms with E-state index in [0.29, 0.717) is 0 Å². The van der Waals surface area contributed by atoms with E-state index >= 15 is 0 Å². The minimum Gasteiger partial charge on any atom is -0.503 e. The van der Waals surface area contributed by atoms with Crippen molar-refractivity contribution < 1.29 is 23.7 Å². The first-order valence-electron chi connectivity index (χ1n) is 4.64. The van der Waals surface area contributed by atoms with Crippen molar-refractivity contribution in [2.45, 2.75) is 12.0 Å². The fraction of sp³-hybridized carbons (Fsp3) is 0.400. The fourth-order valence-corrected chi connectivity index (χ4v) is 1.49. The van der Waals surface area contributed by atoms with Crippen LogP contribution in [0.2, 0.25) is 5.02 Å². The molecule has 0 saturated heterocycles. The summed E-state index contributed by atoms with van der Waals surface area (Å²) in [5.74, 6) is -3.89. The van der Waals surface area contributed by atoms with Gasteiger partial charge in [0.15, 0.2) is 11.5 Å². The number of phenolic OH excluding ortho intramolecular Hbond substituents is 1. The van der Waals surface area contributed by atoms with Crippen molar-refractivity contribution in [1.29, 1.82) is 0 Å². The molecule has 0 aromatic heterocycles. The van der Waals surface area contributed by atoms with Gasteiger partial charge in [-0.25, -0.2) is 8.78 Å². The summed E-state index contributed by atoms with van der Waals surface area (Å²) in [6.45, 7) is -1.38. The Bertz CT molecular complexity index is 418. The molecule has 0 heterocycles. The first kappa shape index (κ1) is 17.2. The molecular weight excluding hydrogens is 291 g/mol. The van der Waals surface area contributed by atoms with Crippen molar-refractivity contribution in [3.63, 3.8) is 0 Å². The molecule has 4 N–H and O–H groups in total. The van der Waals surface area contributed by atoms with Gasteiger partial charge in [0.05, 0.1) is 18.2 Å². The highest BCUT2D eigenvalue weighted by Crippen LogP contribution is 2.39. The fourth-order valence-electron chi connectivity index (χ4n) is 1.27. The average molecular weight is 304 g/mol. The third-order valence-electron chi connectivity index (χ3n) is 2.30. The molecule has 104 valence electrons. The summed E-state index contributed by atoms with van der Waals surface area (Å²) in [6.07, 6.45) is 0. The molecule has 0 aliphatic carbocycles. The maximum atomic E-state index is 13.2. The van der Waals surface area contributed by atoms with E-state index in [1.54, 1.807) is 0 Å². The lowest BCUT2D eigenvalue weighted by Gasteiger charge is -2.22. The van der Waals surface area contributed by atoms with E-state index in [0.717, 1.165) is 12.1 Å². The smallest absolute Gasteiger partial charge is 0.289 e. The molecule has 1 aromatic rings. The molecule has 1 rings (SSSR count). The predicted octanol–water partition coefficient (Wildman–Crippen LogP) is 2.10. The summed E-state index contributed by atoms with van der Waals surface area (Å²) in [5, 5.41) is 17.8. The van der Waals surface area contributed by atoms with Gasteiger partial charge in [-0.1, -0.05) is 11.6 Å². The molecule has 4 nitrogen and oxygen atoms in total. The van der Waals surface area contributed by atoms with Crippen molar-refractivity contribution in [3.8, 4) is 11.5 Å². The van der Waals surface area contributed by atoms with Crippen LogP contribution >= 0.6 is 24.0 Å². The average Bonchev–Trinajstić information content (AvgIpc) is 2.31. The molecule has 0 amide bonds. The number of phenols is 1. The van der Waals surface area contributed by atoms with Gasteiger partial charge in [0.2, 0.25) is 0 Å². The van der Waals surface area contributed by atoms with E-state index in [2.05, 4.69) is 0 Å².